The zero-order valence-electron chi connectivity index (χ0n) is 10.3. The maximum absolute atomic E-state index is 8.55. The van der Waals surface area contributed by atoms with Gasteiger partial charge in [-0.1, -0.05) is 5.16 Å². The van der Waals surface area contributed by atoms with E-state index in [1.807, 2.05) is 0 Å². The molecule has 2 rings (SSSR count). The summed E-state index contributed by atoms with van der Waals surface area (Å²) in [5, 5.41) is 11.4. The molecule has 1 aliphatic carbocycles. The van der Waals surface area contributed by atoms with Gasteiger partial charge in [0.05, 0.1) is 0 Å². The van der Waals surface area contributed by atoms with Crippen LogP contribution in [0.25, 0.3) is 0 Å². The molecule has 0 bridgehead atoms. The lowest BCUT2D eigenvalue weighted by atomic mass is 10.4. The Labute approximate surface area is 105 Å². The van der Waals surface area contributed by atoms with E-state index in [-0.39, 0.29) is 11.8 Å². The van der Waals surface area contributed by atoms with E-state index >= 15 is 0 Å². The maximum atomic E-state index is 8.55. The van der Waals surface area contributed by atoms with Crippen molar-refractivity contribution in [3.8, 4) is 6.01 Å². The van der Waals surface area contributed by atoms with Gasteiger partial charge < -0.3 is 20.6 Å². The average molecular weight is 251 g/mol. The number of aromatic nitrogens is 2. The fraction of sp³-hybridized carbons (Fsp3) is 0.545. The second-order valence-corrected chi connectivity index (χ2v) is 4.27. The highest BCUT2D eigenvalue weighted by molar-refractivity contribution is 5.95. The molecule has 1 aromatic heterocycles. The van der Waals surface area contributed by atoms with E-state index in [1.165, 1.54) is 19.0 Å². The summed E-state index contributed by atoms with van der Waals surface area (Å²) in [6.07, 6.45) is 4.05. The van der Waals surface area contributed by atoms with Crippen LogP contribution in [0, 0.1) is 0 Å². The molecule has 0 atom stereocenters. The average Bonchev–Trinajstić information content (AvgIpc) is 3.22. The predicted molar refractivity (Wildman–Crippen MR) is 65.7 cm³/mol. The van der Waals surface area contributed by atoms with Crippen LogP contribution in [0.5, 0.6) is 6.01 Å². The Morgan fingerprint density at radius 1 is 1.67 bits per heavy atom. The van der Waals surface area contributed by atoms with Gasteiger partial charge in [-0.25, -0.2) is 4.98 Å². The normalized spacial score (nSPS) is 16.0. The molecule has 0 spiro atoms. The van der Waals surface area contributed by atoms with Crippen LogP contribution in [-0.2, 0) is 0 Å². The van der Waals surface area contributed by atoms with Crippen molar-refractivity contribution in [2.24, 2.45) is 10.9 Å². The molecule has 1 fully saturated rings. The molecule has 1 aromatic rings. The highest BCUT2D eigenvalue weighted by Gasteiger charge is 2.25. The number of likely N-dealkylation sites (N-methyl/N-ethyl adjacent to an activating group) is 1. The van der Waals surface area contributed by atoms with Crippen molar-refractivity contribution in [3.05, 3.63) is 18.0 Å². The second-order valence-electron chi connectivity index (χ2n) is 4.27. The van der Waals surface area contributed by atoms with Crippen LogP contribution >= 0.6 is 0 Å². The molecule has 1 aliphatic rings. The summed E-state index contributed by atoms with van der Waals surface area (Å²) in [5.41, 5.74) is 5.78. The number of oxime groups is 1. The van der Waals surface area contributed by atoms with Crippen LogP contribution in [0.4, 0.5) is 0 Å². The minimum absolute atomic E-state index is 0.0580. The highest BCUT2D eigenvalue weighted by Crippen LogP contribution is 2.24. The van der Waals surface area contributed by atoms with Gasteiger partial charge in [0.25, 0.3) is 0 Å². The van der Waals surface area contributed by atoms with Crippen LogP contribution in [-0.4, -0.2) is 52.2 Å². The molecule has 7 nitrogen and oxygen atoms in total. The largest absolute Gasteiger partial charge is 0.462 e. The molecule has 0 unspecified atom stereocenters. The van der Waals surface area contributed by atoms with Crippen LogP contribution in [0.1, 0.15) is 18.5 Å². The summed E-state index contributed by atoms with van der Waals surface area (Å²) in [5.74, 6) is -0.0580. The Morgan fingerprint density at radius 2 is 2.44 bits per heavy atom. The van der Waals surface area contributed by atoms with Crippen molar-refractivity contribution in [3.63, 3.8) is 0 Å². The summed E-state index contributed by atoms with van der Waals surface area (Å²) < 4.78 is 5.43. The summed E-state index contributed by atoms with van der Waals surface area (Å²) >= 11 is 0. The number of nitrogens with two attached hydrogens (primary N) is 1. The number of amidine groups is 1. The Bertz CT molecular complexity index is 433. The van der Waals surface area contributed by atoms with Gasteiger partial charge in [-0.3, -0.25) is 0 Å². The molecule has 3 N–H and O–H groups in total. The van der Waals surface area contributed by atoms with Crippen molar-refractivity contribution < 1.29 is 9.94 Å². The molecule has 98 valence electrons. The fourth-order valence-electron chi connectivity index (χ4n) is 1.58. The summed E-state index contributed by atoms with van der Waals surface area (Å²) in [7, 11) is 2.08. The molecular formula is C11H17N5O2. The topological polar surface area (TPSA) is 96.9 Å². The quantitative estimate of drug-likeness (QED) is 0.321. The number of ether oxygens (including phenoxy) is 1. The van der Waals surface area contributed by atoms with Crippen molar-refractivity contribution in [2.45, 2.75) is 18.9 Å². The zero-order chi connectivity index (χ0) is 13.0. The molecule has 7 heteroatoms. The van der Waals surface area contributed by atoms with E-state index in [0.29, 0.717) is 18.3 Å². The first-order chi connectivity index (χ1) is 8.70. The molecule has 1 saturated carbocycles. The molecule has 1 heterocycles. The smallest absolute Gasteiger partial charge is 0.317 e. The molecule has 0 saturated heterocycles. The number of rotatable bonds is 6. The SMILES string of the molecule is CN(CCOc1nccc(/C(N)=N/O)n1)C1CC1. The van der Waals surface area contributed by atoms with Gasteiger partial charge >= 0.3 is 6.01 Å². The van der Waals surface area contributed by atoms with Crippen LogP contribution in [0.3, 0.4) is 0 Å². The molecule has 0 aliphatic heterocycles. The van der Waals surface area contributed by atoms with Gasteiger partial charge in [-0.05, 0) is 26.0 Å². The van der Waals surface area contributed by atoms with E-state index < -0.39 is 0 Å². The highest BCUT2D eigenvalue weighted by atomic mass is 16.5. The molecule has 0 radical (unpaired) electrons. The maximum Gasteiger partial charge on any atom is 0.317 e. The lowest BCUT2D eigenvalue weighted by molar-refractivity contribution is 0.220. The predicted octanol–water partition coefficient (Wildman–Crippen LogP) is 0.0441. The Hall–Kier alpha value is -1.89. The summed E-state index contributed by atoms with van der Waals surface area (Å²) in [6, 6.07) is 2.50. The van der Waals surface area contributed by atoms with Crippen molar-refractivity contribution in [1.29, 1.82) is 0 Å². The summed E-state index contributed by atoms with van der Waals surface area (Å²) in [6.45, 7) is 1.36. The van der Waals surface area contributed by atoms with Gasteiger partial charge in [0, 0.05) is 18.8 Å². The third-order valence-corrected chi connectivity index (χ3v) is 2.85. The summed E-state index contributed by atoms with van der Waals surface area (Å²) in [4.78, 5) is 10.3. The van der Waals surface area contributed by atoms with Gasteiger partial charge in [-0.15, -0.1) is 0 Å². The van der Waals surface area contributed by atoms with Gasteiger partial charge in [0.2, 0.25) is 0 Å². The second kappa shape index (κ2) is 5.63. The fourth-order valence-corrected chi connectivity index (χ4v) is 1.58. The minimum Gasteiger partial charge on any atom is -0.462 e. The first-order valence-corrected chi connectivity index (χ1v) is 5.84. The van der Waals surface area contributed by atoms with Crippen molar-refractivity contribution >= 4 is 5.84 Å². The third-order valence-electron chi connectivity index (χ3n) is 2.85. The van der Waals surface area contributed by atoms with Gasteiger partial charge in [0.15, 0.2) is 5.84 Å². The van der Waals surface area contributed by atoms with Crippen molar-refractivity contribution in [1.82, 2.24) is 14.9 Å². The van der Waals surface area contributed by atoms with Gasteiger partial charge in [0.1, 0.15) is 12.3 Å². The number of hydrogen-bond acceptors (Lipinski definition) is 6. The van der Waals surface area contributed by atoms with Crippen LogP contribution < -0.4 is 10.5 Å². The standard InChI is InChI=1S/C11H17N5O2/c1-16(8-2-3-8)6-7-18-11-13-5-4-9(14-11)10(12)15-17/h4-5,8,17H,2-3,6-7H2,1H3,(H2,12,15). The minimum atomic E-state index is -0.0580. The molecule has 18 heavy (non-hydrogen) atoms. The third kappa shape index (κ3) is 3.30. The van der Waals surface area contributed by atoms with Gasteiger partial charge in [-0.2, -0.15) is 4.98 Å². The molecular weight excluding hydrogens is 234 g/mol. The van der Waals surface area contributed by atoms with E-state index in [4.69, 9.17) is 15.7 Å². The van der Waals surface area contributed by atoms with Crippen LogP contribution in [0.15, 0.2) is 17.4 Å². The zero-order valence-corrected chi connectivity index (χ0v) is 10.3. The first kappa shape index (κ1) is 12.6. The number of nitrogens with zero attached hydrogens (tertiary/aromatic N) is 4. The van der Waals surface area contributed by atoms with E-state index in [2.05, 4.69) is 27.1 Å². The lowest BCUT2D eigenvalue weighted by Gasteiger charge is -2.15. The monoisotopic (exact) mass is 251 g/mol. The van der Waals surface area contributed by atoms with Crippen molar-refractivity contribution in [2.75, 3.05) is 20.2 Å². The number of hydrogen-bond donors (Lipinski definition) is 2. The molecule has 0 amide bonds. The Morgan fingerprint density at radius 3 is 3.11 bits per heavy atom. The first-order valence-electron chi connectivity index (χ1n) is 5.84. The Balaban J connectivity index is 1.85. The van der Waals surface area contributed by atoms with E-state index in [1.54, 1.807) is 6.07 Å². The Kier molecular flexibility index (Phi) is 3.93. The van der Waals surface area contributed by atoms with E-state index in [9.17, 15) is 0 Å². The molecule has 0 aromatic carbocycles. The van der Waals surface area contributed by atoms with E-state index in [0.717, 1.165) is 6.54 Å². The lowest BCUT2D eigenvalue weighted by Crippen LogP contribution is -2.26. The van der Waals surface area contributed by atoms with Crippen LogP contribution in [0.2, 0.25) is 0 Å².